The number of imide groups is 1. The maximum Gasteiger partial charge on any atom is 0.285 e. The Morgan fingerprint density at radius 2 is 1.76 bits per heavy atom. The van der Waals surface area contributed by atoms with Gasteiger partial charge in [-0.2, -0.15) is 0 Å². The Bertz CT molecular complexity index is 486. The highest BCUT2D eigenvalue weighted by atomic mass is 16.7. The molecule has 2 aliphatic rings. The number of carbonyl (C=O) groups is 2. The Hall–Kier alpha value is -1.94. The highest BCUT2D eigenvalue weighted by Gasteiger charge is 2.37. The molecule has 0 N–H and O–H groups in total. The Labute approximate surface area is 98.4 Å². The maximum atomic E-state index is 12.0. The van der Waals surface area contributed by atoms with Crippen LogP contribution in [0.25, 0.3) is 0 Å². The first-order valence-electron chi connectivity index (χ1n) is 5.58. The lowest BCUT2D eigenvalue weighted by molar-refractivity contribution is -0.116. The molecule has 0 radical (unpaired) electrons. The van der Waals surface area contributed by atoms with Crippen LogP contribution in [0, 0.1) is 0 Å². The van der Waals surface area contributed by atoms with Gasteiger partial charge in [0.15, 0.2) is 0 Å². The van der Waals surface area contributed by atoms with Crippen molar-refractivity contribution in [3.05, 3.63) is 47.5 Å². The normalized spacial score (nSPS) is 22.4. The van der Waals surface area contributed by atoms with Gasteiger partial charge in [-0.25, -0.2) is 0 Å². The van der Waals surface area contributed by atoms with Crippen LogP contribution >= 0.6 is 0 Å². The molecular formula is C13H11NO3. The molecule has 1 atom stereocenters. The van der Waals surface area contributed by atoms with Crippen LogP contribution in [0.15, 0.2) is 36.4 Å². The van der Waals surface area contributed by atoms with E-state index in [2.05, 4.69) is 0 Å². The monoisotopic (exact) mass is 229 g/mol. The van der Waals surface area contributed by atoms with Crippen LogP contribution in [-0.4, -0.2) is 23.0 Å². The summed E-state index contributed by atoms with van der Waals surface area (Å²) in [5.41, 5.74) is 0.832. The van der Waals surface area contributed by atoms with Crippen LogP contribution in [0.4, 0.5) is 0 Å². The van der Waals surface area contributed by atoms with Crippen molar-refractivity contribution in [3.63, 3.8) is 0 Å². The molecule has 0 saturated carbocycles. The van der Waals surface area contributed by atoms with Gasteiger partial charge in [0.05, 0.1) is 11.1 Å². The number of hydrogen-bond donors (Lipinski definition) is 0. The van der Waals surface area contributed by atoms with E-state index in [1.807, 2.05) is 12.2 Å². The first-order chi connectivity index (χ1) is 8.27. The number of fused-ring (bicyclic) bond motifs is 1. The van der Waals surface area contributed by atoms with E-state index in [-0.39, 0.29) is 17.9 Å². The van der Waals surface area contributed by atoms with Crippen LogP contribution < -0.4 is 0 Å². The van der Waals surface area contributed by atoms with Gasteiger partial charge in [-0.1, -0.05) is 24.3 Å². The second kappa shape index (κ2) is 3.82. The lowest BCUT2D eigenvalue weighted by Gasteiger charge is -2.17. The number of hydroxylamine groups is 2. The molecule has 4 heteroatoms. The topological polar surface area (TPSA) is 46.6 Å². The first-order valence-corrected chi connectivity index (χ1v) is 5.58. The summed E-state index contributed by atoms with van der Waals surface area (Å²) in [5, 5.41) is 0.880. The summed E-state index contributed by atoms with van der Waals surface area (Å²) in [4.78, 5) is 29.3. The average molecular weight is 229 g/mol. The van der Waals surface area contributed by atoms with Gasteiger partial charge in [0.1, 0.15) is 6.10 Å². The van der Waals surface area contributed by atoms with Crippen LogP contribution in [-0.2, 0) is 4.84 Å². The number of allylic oxidation sites excluding steroid dienone is 1. The van der Waals surface area contributed by atoms with Gasteiger partial charge >= 0.3 is 0 Å². The van der Waals surface area contributed by atoms with Gasteiger partial charge in [-0.3, -0.25) is 14.4 Å². The standard InChI is InChI=1S/C13H11NO3/c15-12-10-7-3-4-8-11(10)13(16)14(12)17-9-5-1-2-6-9/h1,3-5,7-9H,2,6H2. The molecule has 1 aliphatic carbocycles. The molecule has 1 unspecified atom stereocenters. The fourth-order valence-corrected chi connectivity index (χ4v) is 2.09. The van der Waals surface area contributed by atoms with Crippen molar-refractivity contribution >= 4 is 11.8 Å². The third-order valence-corrected chi connectivity index (χ3v) is 2.97. The zero-order valence-corrected chi connectivity index (χ0v) is 9.13. The number of nitrogens with zero attached hydrogens (tertiary/aromatic N) is 1. The minimum atomic E-state index is -0.370. The third kappa shape index (κ3) is 1.57. The molecule has 0 fully saturated rings. The molecule has 0 aromatic heterocycles. The number of amides is 2. The van der Waals surface area contributed by atoms with E-state index in [0.717, 1.165) is 17.9 Å². The second-order valence-corrected chi connectivity index (χ2v) is 4.10. The summed E-state index contributed by atoms with van der Waals surface area (Å²) in [5.74, 6) is -0.739. The number of rotatable bonds is 2. The van der Waals surface area contributed by atoms with E-state index >= 15 is 0 Å². The van der Waals surface area contributed by atoms with Crippen molar-refractivity contribution in [2.24, 2.45) is 0 Å². The summed E-state index contributed by atoms with van der Waals surface area (Å²) in [6, 6.07) is 6.76. The zero-order chi connectivity index (χ0) is 11.8. The summed E-state index contributed by atoms with van der Waals surface area (Å²) >= 11 is 0. The molecule has 0 saturated heterocycles. The Morgan fingerprint density at radius 3 is 2.29 bits per heavy atom. The van der Waals surface area contributed by atoms with E-state index in [4.69, 9.17) is 4.84 Å². The summed E-state index contributed by atoms with van der Waals surface area (Å²) < 4.78 is 0. The molecule has 0 bridgehead atoms. The van der Waals surface area contributed by atoms with E-state index in [1.165, 1.54) is 0 Å². The SMILES string of the molecule is O=C1c2ccccc2C(=O)N1OC1C=CCC1. The Morgan fingerprint density at radius 1 is 1.12 bits per heavy atom. The lowest BCUT2D eigenvalue weighted by Crippen LogP contribution is -2.33. The van der Waals surface area contributed by atoms with Gasteiger partial charge < -0.3 is 0 Å². The van der Waals surface area contributed by atoms with Crippen LogP contribution in [0.1, 0.15) is 33.6 Å². The zero-order valence-electron chi connectivity index (χ0n) is 9.13. The highest BCUT2D eigenvalue weighted by molar-refractivity contribution is 6.20. The van der Waals surface area contributed by atoms with Gasteiger partial charge in [0, 0.05) is 0 Å². The predicted molar refractivity (Wildman–Crippen MR) is 60.2 cm³/mol. The predicted octanol–water partition coefficient (Wildman–Crippen LogP) is 1.93. The Balaban J connectivity index is 1.87. The molecular weight excluding hydrogens is 218 g/mol. The highest BCUT2D eigenvalue weighted by Crippen LogP contribution is 2.25. The molecule has 2 amide bonds. The minimum Gasteiger partial charge on any atom is -0.266 e. The van der Waals surface area contributed by atoms with Crippen LogP contribution in [0.2, 0.25) is 0 Å². The smallest absolute Gasteiger partial charge is 0.266 e. The number of benzene rings is 1. The van der Waals surface area contributed by atoms with Gasteiger partial charge in [-0.15, -0.1) is 5.06 Å². The summed E-state index contributed by atoms with van der Waals surface area (Å²) in [7, 11) is 0. The molecule has 86 valence electrons. The minimum absolute atomic E-state index is 0.169. The first kappa shape index (κ1) is 10.2. The summed E-state index contributed by atoms with van der Waals surface area (Å²) in [6.07, 6.45) is 5.44. The Kier molecular flexibility index (Phi) is 2.30. The molecule has 3 rings (SSSR count). The second-order valence-electron chi connectivity index (χ2n) is 4.10. The largest absolute Gasteiger partial charge is 0.285 e. The molecule has 0 spiro atoms. The van der Waals surface area contributed by atoms with Crippen molar-refractivity contribution in [2.75, 3.05) is 0 Å². The molecule has 1 heterocycles. The van der Waals surface area contributed by atoms with Crippen molar-refractivity contribution in [2.45, 2.75) is 18.9 Å². The number of carbonyl (C=O) groups excluding carboxylic acids is 2. The molecule has 4 nitrogen and oxygen atoms in total. The molecule has 1 aromatic rings. The van der Waals surface area contributed by atoms with E-state index < -0.39 is 0 Å². The van der Waals surface area contributed by atoms with E-state index in [1.54, 1.807) is 24.3 Å². The van der Waals surface area contributed by atoms with Crippen LogP contribution in [0.3, 0.4) is 0 Å². The number of hydrogen-bond acceptors (Lipinski definition) is 3. The third-order valence-electron chi connectivity index (χ3n) is 2.97. The van der Waals surface area contributed by atoms with Gasteiger partial charge in [0.2, 0.25) is 0 Å². The van der Waals surface area contributed by atoms with E-state index in [9.17, 15) is 9.59 Å². The van der Waals surface area contributed by atoms with Crippen molar-refractivity contribution < 1.29 is 14.4 Å². The van der Waals surface area contributed by atoms with Crippen LogP contribution in [0.5, 0.6) is 0 Å². The summed E-state index contributed by atoms with van der Waals surface area (Å²) in [6.45, 7) is 0. The molecule has 1 aromatic carbocycles. The fraction of sp³-hybridized carbons (Fsp3) is 0.231. The molecule has 17 heavy (non-hydrogen) atoms. The van der Waals surface area contributed by atoms with Crippen molar-refractivity contribution in [1.29, 1.82) is 0 Å². The lowest BCUT2D eigenvalue weighted by atomic mass is 10.1. The van der Waals surface area contributed by atoms with Crippen molar-refractivity contribution in [1.82, 2.24) is 5.06 Å². The average Bonchev–Trinajstić information content (AvgIpc) is 2.94. The van der Waals surface area contributed by atoms with Crippen molar-refractivity contribution in [3.8, 4) is 0 Å². The quantitative estimate of drug-likeness (QED) is 0.575. The molecule has 1 aliphatic heterocycles. The van der Waals surface area contributed by atoms with Gasteiger partial charge in [-0.05, 0) is 25.0 Å². The fourth-order valence-electron chi connectivity index (χ4n) is 2.09. The van der Waals surface area contributed by atoms with Gasteiger partial charge in [0.25, 0.3) is 11.8 Å². The maximum absolute atomic E-state index is 12.0. The van der Waals surface area contributed by atoms with E-state index in [0.29, 0.717) is 11.1 Å².